The summed E-state index contributed by atoms with van der Waals surface area (Å²) in [7, 11) is 3.49. The molecule has 2 fully saturated rings. The fourth-order valence-electron chi connectivity index (χ4n) is 3.37. The van der Waals surface area contributed by atoms with Crippen molar-refractivity contribution in [3.8, 4) is 0 Å². The topological polar surface area (TPSA) is 41.9 Å². The maximum atomic E-state index is 10.3. The van der Waals surface area contributed by atoms with Crippen molar-refractivity contribution >= 4 is 0 Å². The molecule has 18 heavy (non-hydrogen) atoms. The quantitative estimate of drug-likeness (QED) is 0.830. The molecule has 4 atom stereocenters. The molecule has 0 aromatic heterocycles. The maximum Gasteiger partial charge on any atom is 0.0971 e. The monoisotopic (exact) mass is 257 g/mol. The zero-order chi connectivity index (χ0) is 13.0. The third-order valence-electron chi connectivity index (χ3n) is 4.51. The first kappa shape index (κ1) is 14.3. The van der Waals surface area contributed by atoms with Gasteiger partial charge in [0.15, 0.2) is 0 Å². The molecule has 0 radical (unpaired) electrons. The highest BCUT2D eigenvalue weighted by Crippen LogP contribution is 2.26. The first-order valence-electron chi connectivity index (χ1n) is 7.24. The van der Waals surface area contributed by atoms with E-state index in [0.29, 0.717) is 6.04 Å². The fraction of sp³-hybridized carbons (Fsp3) is 1.00. The number of hydrogen-bond acceptors (Lipinski definition) is 4. The predicted octanol–water partition coefficient (Wildman–Crippen LogP) is 1.42. The average Bonchev–Trinajstić information content (AvgIpc) is 2.77. The van der Waals surface area contributed by atoms with Gasteiger partial charge in [-0.1, -0.05) is 25.7 Å². The molecular weight excluding hydrogens is 230 g/mol. The van der Waals surface area contributed by atoms with Gasteiger partial charge >= 0.3 is 0 Å². The van der Waals surface area contributed by atoms with Crippen LogP contribution in [0.15, 0.2) is 0 Å². The molecule has 4 heteroatoms. The highest BCUT2D eigenvalue weighted by Gasteiger charge is 2.38. The Bertz CT molecular complexity index is 237. The number of methoxy groups -OCH3 is 2. The molecule has 0 bridgehead atoms. The van der Waals surface area contributed by atoms with E-state index in [4.69, 9.17) is 9.47 Å². The Labute approximate surface area is 110 Å². The third kappa shape index (κ3) is 3.23. The molecule has 1 heterocycles. The van der Waals surface area contributed by atoms with Crippen molar-refractivity contribution in [3.05, 3.63) is 0 Å². The summed E-state index contributed by atoms with van der Waals surface area (Å²) in [6, 6.07) is 0.295. The molecule has 1 saturated heterocycles. The molecule has 2 aliphatic rings. The van der Waals surface area contributed by atoms with Crippen LogP contribution < -0.4 is 0 Å². The van der Waals surface area contributed by atoms with E-state index < -0.39 is 0 Å². The van der Waals surface area contributed by atoms with Crippen LogP contribution in [0.25, 0.3) is 0 Å². The molecule has 4 nitrogen and oxygen atoms in total. The van der Waals surface area contributed by atoms with E-state index in [2.05, 4.69) is 4.90 Å². The van der Waals surface area contributed by atoms with Gasteiger partial charge in [-0.05, 0) is 12.8 Å². The van der Waals surface area contributed by atoms with Crippen LogP contribution >= 0.6 is 0 Å². The standard InChI is InChI=1S/C14H27NO3/c1-17-13-9-15(10-14(13)18-2)11-7-5-3-4-6-8-12(11)16/h11-14,16H,3-10H2,1-2H3. The molecule has 106 valence electrons. The molecule has 4 unspecified atom stereocenters. The van der Waals surface area contributed by atoms with Gasteiger partial charge in [0.1, 0.15) is 0 Å². The molecule has 0 aromatic carbocycles. The summed E-state index contributed by atoms with van der Waals surface area (Å²) in [6.07, 6.45) is 7.12. The number of ether oxygens (including phenoxy) is 2. The second kappa shape index (κ2) is 6.85. The Morgan fingerprint density at radius 2 is 1.44 bits per heavy atom. The van der Waals surface area contributed by atoms with E-state index in [1.165, 1.54) is 19.3 Å². The van der Waals surface area contributed by atoms with Crippen LogP contribution in [0.1, 0.15) is 38.5 Å². The van der Waals surface area contributed by atoms with E-state index in [0.717, 1.165) is 32.4 Å². The van der Waals surface area contributed by atoms with E-state index in [1.807, 2.05) is 0 Å². The van der Waals surface area contributed by atoms with Crippen LogP contribution in [0.2, 0.25) is 0 Å². The first-order valence-corrected chi connectivity index (χ1v) is 7.24. The van der Waals surface area contributed by atoms with Crippen LogP contribution in [0, 0.1) is 0 Å². The summed E-state index contributed by atoms with van der Waals surface area (Å²) >= 11 is 0. The van der Waals surface area contributed by atoms with Crippen LogP contribution in [-0.4, -0.2) is 61.7 Å². The summed E-state index contributed by atoms with van der Waals surface area (Å²) in [5, 5.41) is 10.3. The van der Waals surface area contributed by atoms with Gasteiger partial charge in [-0.2, -0.15) is 0 Å². The van der Waals surface area contributed by atoms with Crippen LogP contribution in [0.4, 0.5) is 0 Å². The fourth-order valence-corrected chi connectivity index (χ4v) is 3.37. The number of hydrogen-bond donors (Lipinski definition) is 1. The lowest BCUT2D eigenvalue weighted by molar-refractivity contribution is -0.00461. The summed E-state index contributed by atoms with van der Waals surface area (Å²) in [5.41, 5.74) is 0. The van der Waals surface area contributed by atoms with Gasteiger partial charge in [0.25, 0.3) is 0 Å². The van der Waals surface area contributed by atoms with E-state index in [-0.39, 0.29) is 18.3 Å². The van der Waals surface area contributed by atoms with E-state index in [1.54, 1.807) is 14.2 Å². The summed E-state index contributed by atoms with van der Waals surface area (Å²) in [6.45, 7) is 1.77. The Hall–Kier alpha value is -0.160. The van der Waals surface area contributed by atoms with Gasteiger partial charge in [0.05, 0.1) is 18.3 Å². The average molecular weight is 257 g/mol. The van der Waals surface area contributed by atoms with Crippen molar-refractivity contribution in [2.24, 2.45) is 0 Å². The molecule has 0 spiro atoms. The van der Waals surface area contributed by atoms with Crippen molar-refractivity contribution < 1.29 is 14.6 Å². The van der Waals surface area contributed by atoms with Gasteiger partial charge in [0, 0.05) is 33.4 Å². The Morgan fingerprint density at radius 1 is 0.889 bits per heavy atom. The van der Waals surface area contributed by atoms with Crippen molar-refractivity contribution in [2.45, 2.75) is 62.9 Å². The zero-order valence-corrected chi connectivity index (χ0v) is 11.7. The lowest BCUT2D eigenvalue weighted by Gasteiger charge is -2.33. The Kier molecular flexibility index (Phi) is 5.42. The van der Waals surface area contributed by atoms with Crippen molar-refractivity contribution in [3.63, 3.8) is 0 Å². The third-order valence-corrected chi connectivity index (χ3v) is 4.51. The Balaban J connectivity index is 1.96. The molecule has 0 aromatic rings. The molecule has 1 saturated carbocycles. The van der Waals surface area contributed by atoms with E-state index >= 15 is 0 Å². The van der Waals surface area contributed by atoms with Crippen LogP contribution in [0.3, 0.4) is 0 Å². The van der Waals surface area contributed by atoms with Crippen molar-refractivity contribution in [1.29, 1.82) is 0 Å². The van der Waals surface area contributed by atoms with Gasteiger partial charge in [-0.25, -0.2) is 0 Å². The number of aliphatic hydroxyl groups is 1. The summed E-state index contributed by atoms with van der Waals surface area (Å²) in [5.74, 6) is 0. The zero-order valence-electron chi connectivity index (χ0n) is 11.7. The highest BCUT2D eigenvalue weighted by atomic mass is 16.5. The normalized spacial score (nSPS) is 39.5. The van der Waals surface area contributed by atoms with Crippen LogP contribution in [-0.2, 0) is 9.47 Å². The minimum absolute atomic E-state index is 0.146. The van der Waals surface area contributed by atoms with Crippen molar-refractivity contribution in [1.82, 2.24) is 4.90 Å². The Morgan fingerprint density at radius 3 is 2.00 bits per heavy atom. The number of likely N-dealkylation sites (tertiary alicyclic amines) is 1. The van der Waals surface area contributed by atoms with Crippen molar-refractivity contribution in [2.75, 3.05) is 27.3 Å². The largest absolute Gasteiger partial charge is 0.391 e. The molecular formula is C14H27NO3. The van der Waals surface area contributed by atoms with E-state index in [9.17, 15) is 5.11 Å². The van der Waals surface area contributed by atoms with Gasteiger partial charge in [-0.3, -0.25) is 4.90 Å². The number of nitrogens with zero attached hydrogens (tertiary/aromatic N) is 1. The first-order chi connectivity index (χ1) is 8.76. The minimum atomic E-state index is -0.182. The molecule has 2 rings (SSSR count). The van der Waals surface area contributed by atoms with Crippen LogP contribution in [0.5, 0.6) is 0 Å². The smallest absolute Gasteiger partial charge is 0.0971 e. The molecule has 0 amide bonds. The highest BCUT2D eigenvalue weighted by molar-refractivity contribution is 4.92. The number of aliphatic hydroxyl groups excluding tert-OH is 1. The van der Waals surface area contributed by atoms with Gasteiger partial charge < -0.3 is 14.6 Å². The molecule has 1 aliphatic heterocycles. The summed E-state index contributed by atoms with van der Waals surface area (Å²) < 4.78 is 11.0. The lowest BCUT2D eigenvalue weighted by Crippen LogP contribution is -2.43. The van der Waals surface area contributed by atoms with Gasteiger partial charge in [-0.15, -0.1) is 0 Å². The predicted molar refractivity (Wildman–Crippen MR) is 70.7 cm³/mol. The maximum absolute atomic E-state index is 10.3. The summed E-state index contributed by atoms with van der Waals surface area (Å²) in [4.78, 5) is 2.37. The number of rotatable bonds is 3. The minimum Gasteiger partial charge on any atom is -0.391 e. The second-order valence-corrected chi connectivity index (χ2v) is 5.63. The SMILES string of the molecule is COC1CN(C2CCCCCCC2O)CC1OC. The molecule has 1 N–H and O–H groups in total. The van der Waals surface area contributed by atoms with Gasteiger partial charge in [0.2, 0.25) is 0 Å². The lowest BCUT2D eigenvalue weighted by atomic mass is 9.93. The molecule has 1 aliphatic carbocycles. The second-order valence-electron chi connectivity index (χ2n) is 5.63.